The van der Waals surface area contributed by atoms with Crippen molar-refractivity contribution >= 4 is 11.7 Å². The highest BCUT2D eigenvalue weighted by molar-refractivity contribution is 5.93. The van der Waals surface area contributed by atoms with E-state index in [9.17, 15) is 22.8 Å². The standard InChI is InChI=1S/C15H14F3N3O3/c1-9(13(22)20-12-14(23)21(2)8-7-19-12)24-11-5-3-10(4-6-11)15(16,17)18/h3-9H,1-2H3,(H,19,20,22)/t9-/m1/s1. The Morgan fingerprint density at radius 2 is 1.92 bits per heavy atom. The number of hydrogen-bond donors (Lipinski definition) is 1. The third kappa shape index (κ3) is 4.12. The number of halogens is 3. The summed E-state index contributed by atoms with van der Waals surface area (Å²) in [5, 5.41) is 2.32. The molecule has 0 spiro atoms. The van der Waals surface area contributed by atoms with Gasteiger partial charge in [-0.05, 0) is 31.2 Å². The number of aryl methyl sites for hydroxylation is 1. The Labute approximate surface area is 134 Å². The number of hydrogen-bond acceptors (Lipinski definition) is 4. The number of aromatic nitrogens is 2. The highest BCUT2D eigenvalue weighted by atomic mass is 19.4. The summed E-state index contributed by atoms with van der Waals surface area (Å²) in [6.45, 7) is 1.40. The lowest BCUT2D eigenvalue weighted by Crippen LogP contribution is -2.33. The van der Waals surface area contributed by atoms with Crippen molar-refractivity contribution in [1.82, 2.24) is 9.55 Å². The number of nitrogens with one attached hydrogen (secondary N) is 1. The molecule has 2 aromatic rings. The van der Waals surface area contributed by atoms with Gasteiger partial charge in [-0.25, -0.2) is 4.98 Å². The number of benzene rings is 1. The molecule has 0 radical (unpaired) electrons. The summed E-state index contributed by atoms with van der Waals surface area (Å²) >= 11 is 0. The SMILES string of the molecule is C[C@@H](Oc1ccc(C(F)(F)F)cc1)C(=O)Nc1nccn(C)c1=O. The average molecular weight is 341 g/mol. The molecule has 128 valence electrons. The van der Waals surface area contributed by atoms with Crippen LogP contribution in [0, 0.1) is 0 Å². The van der Waals surface area contributed by atoms with Gasteiger partial charge in [-0.3, -0.25) is 9.59 Å². The van der Waals surface area contributed by atoms with Gasteiger partial charge in [0.2, 0.25) is 0 Å². The number of rotatable bonds is 4. The van der Waals surface area contributed by atoms with E-state index in [0.29, 0.717) is 0 Å². The second-order valence-corrected chi connectivity index (χ2v) is 4.96. The molecular weight excluding hydrogens is 327 g/mol. The van der Waals surface area contributed by atoms with Crippen LogP contribution in [0.5, 0.6) is 5.75 Å². The number of ether oxygens (including phenoxy) is 1. The highest BCUT2D eigenvalue weighted by Gasteiger charge is 2.30. The smallest absolute Gasteiger partial charge is 0.416 e. The van der Waals surface area contributed by atoms with E-state index >= 15 is 0 Å². The van der Waals surface area contributed by atoms with Gasteiger partial charge in [0.1, 0.15) is 5.75 Å². The molecular formula is C15H14F3N3O3. The molecule has 0 aliphatic rings. The van der Waals surface area contributed by atoms with Crippen molar-refractivity contribution in [2.24, 2.45) is 7.05 Å². The van der Waals surface area contributed by atoms with E-state index < -0.39 is 29.3 Å². The Kier molecular flexibility index (Phi) is 4.91. The van der Waals surface area contributed by atoms with Crippen LogP contribution in [0.1, 0.15) is 12.5 Å². The Hall–Kier alpha value is -2.84. The molecule has 0 saturated heterocycles. The molecule has 1 aromatic heterocycles. The molecule has 0 unspecified atom stereocenters. The van der Waals surface area contributed by atoms with Gasteiger partial charge in [0, 0.05) is 19.4 Å². The van der Waals surface area contributed by atoms with E-state index in [1.54, 1.807) is 0 Å². The van der Waals surface area contributed by atoms with Crippen molar-refractivity contribution in [3.05, 3.63) is 52.6 Å². The van der Waals surface area contributed by atoms with Crippen LogP contribution in [-0.2, 0) is 18.0 Å². The second-order valence-electron chi connectivity index (χ2n) is 4.96. The zero-order chi connectivity index (χ0) is 17.9. The quantitative estimate of drug-likeness (QED) is 0.925. The Balaban J connectivity index is 2.04. The van der Waals surface area contributed by atoms with Gasteiger partial charge in [-0.2, -0.15) is 13.2 Å². The van der Waals surface area contributed by atoms with E-state index in [1.165, 1.54) is 30.9 Å². The molecule has 0 aliphatic heterocycles. The molecule has 1 atom stereocenters. The van der Waals surface area contributed by atoms with Gasteiger partial charge >= 0.3 is 6.18 Å². The van der Waals surface area contributed by atoms with E-state index in [1.807, 2.05) is 0 Å². The van der Waals surface area contributed by atoms with Crippen LogP contribution in [0.4, 0.5) is 19.0 Å². The van der Waals surface area contributed by atoms with E-state index in [4.69, 9.17) is 4.74 Å². The third-order valence-electron chi connectivity index (χ3n) is 3.12. The molecule has 0 fully saturated rings. The van der Waals surface area contributed by atoms with Gasteiger partial charge in [-0.1, -0.05) is 0 Å². The lowest BCUT2D eigenvalue weighted by atomic mass is 10.2. The molecule has 0 bridgehead atoms. The number of nitrogens with zero attached hydrogens (tertiary/aromatic N) is 2. The first-order valence-electron chi connectivity index (χ1n) is 6.85. The molecule has 24 heavy (non-hydrogen) atoms. The minimum absolute atomic E-state index is 0.0968. The van der Waals surface area contributed by atoms with Crippen molar-refractivity contribution in [3.63, 3.8) is 0 Å². The minimum atomic E-state index is -4.44. The van der Waals surface area contributed by atoms with Gasteiger partial charge in [0.05, 0.1) is 5.56 Å². The Bertz CT molecular complexity index is 785. The minimum Gasteiger partial charge on any atom is -0.481 e. The summed E-state index contributed by atoms with van der Waals surface area (Å²) in [7, 11) is 1.50. The summed E-state index contributed by atoms with van der Waals surface area (Å²) in [5.41, 5.74) is -1.31. The molecule has 9 heteroatoms. The van der Waals surface area contributed by atoms with E-state index in [-0.39, 0.29) is 11.6 Å². The Morgan fingerprint density at radius 1 is 1.29 bits per heavy atom. The maximum Gasteiger partial charge on any atom is 0.416 e. The summed E-state index contributed by atoms with van der Waals surface area (Å²) in [4.78, 5) is 27.5. The zero-order valence-corrected chi connectivity index (χ0v) is 12.8. The maximum absolute atomic E-state index is 12.5. The normalized spacial score (nSPS) is 12.5. The summed E-state index contributed by atoms with van der Waals surface area (Å²) in [5.74, 6) is -0.710. The van der Waals surface area contributed by atoms with E-state index in [0.717, 1.165) is 24.3 Å². The fraction of sp³-hybridized carbons (Fsp3) is 0.267. The zero-order valence-electron chi connectivity index (χ0n) is 12.8. The number of alkyl halides is 3. The van der Waals surface area contributed by atoms with Crippen molar-refractivity contribution in [2.75, 3.05) is 5.32 Å². The maximum atomic E-state index is 12.5. The molecule has 0 saturated carbocycles. The predicted octanol–water partition coefficient (Wildman–Crippen LogP) is 2.21. The molecule has 6 nitrogen and oxygen atoms in total. The summed E-state index contributed by atoms with van der Waals surface area (Å²) in [6, 6.07) is 3.95. The number of anilines is 1. The van der Waals surface area contributed by atoms with Gasteiger partial charge in [0.25, 0.3) is 11.5 Å². The fourth-order valence-electron chi connectivity index (χ4n) is 1.78. The molecule has 0 aliphatic carbocycles. The van der Waals surface area contributed by atoms with Gasteiger partial charge < -0.3 is 14.6 Å². The highest BCUT2D eigenvalue weighted by Crippen LogP contribution is 2.30. The number of amides is 1. The third-order valence-corrected chi connectivity index (χ3v) is 3.12. The molecule has 1 amide bonds. The van der Waals surface area contributed by atoms with Crippen LogP contribution in [-0.4, -0.2) is 21.6 Å². The first-order chi connectivity index (χ1) is 11.2. The van der Waals surface area contributed by atoms with Crippen molar-refractivity contribution in [1.29, 1.82) is 0 Å². The van der Waals surface area contributed by atoms with Crippen molar-refractivity contribution in [2.45, 2.75) is 19.2 Å². The molecule has 1 aromatic carbocycles. The number of carbonyl (C=O) groups is 1. The molecule has 2 rings (SSSR count). The first kappa shape index (κ1) is 17.5. The molecule has 1 heterocycles. The fourth-order valence-corrected chi connectivity index (χ4v) is 1.78. The van der Waals surface area contributed by atoms with Gasteiger partial charge in [-0.15, -0.1) is 0 Å². The Morgan fingerprint density at radius 3 is 2.50 bits per heavy atom. The van der Waals surface area contributed by atoms with Crippen molar-refractivity contribution in [3.8, 4) is 5.75 Å². The average Bonchev–Trinajstić information content (AvgIpc) is 2.51. The predicted molar refractivity (Wildman–Crippen MR) is 79.6 cm³/mol. The van der Waals surface area contributed by atoms with Gasteiger partial charge in [0.15, 0.2) is 11.9 Å². The molecule has 1 N–H and O–H groups in total. The first-order valence-corrected chi connectivity index (χ1v) is 6.85. The van der Waals surface area contributed by atoms with Crippen LogP contribution >= 0.6 is 0 Å². The summed E-state index contributed by atoms with van der Waals surface area (Å²) < 4.78 is 43.9. The van der Waals surface area contributed by atoms with Crippen LogP contribution in [0.3, 0.4) is 0 Å². The van der Waals surface area contributed by atoms with Crippen molar-refractivity contribution < 1.29 is 22.7 Å². The van der Waals surface area contributed by atoms with Crippen LogP contribution in [0.25, 0.3) is 0 Å². The topological polar surface area (TPSA) is 73.2 Å². The summed E-state index contributed by atoms with van der Waals surface area (Å²) in [6.07, 6.45) is -2.70. The lowest BCUT2D eigenvalue weighted by molar-refractivity contribution is -0.137. The second kappa shape index (κ2) is 6.73. The monoisotopic (exact) mass is 341 g/mol. The van der Waals surface area contributed by atoms with Crippen LogP contribution in [0.15, 0.2) is 41.5 Å². The van der Waals surface area contributed by atoms with Crippen LogP contribution in [0.2, 0.25) is 0 Å². The van der Waals surface area contributed by atoms with E-state index in [2.05, 4.69) is 10.3 Å². The lowest BCUT2D eigenvalue weighted by Gasteiger charge is -2.15. The largest absolute Gasteiger partial charge is 0.481 e. The number of carbonyl (C=O) groups excluding carboxylic acids is 1. The van der Waals surface area contributed by atoms with Crippen LogP contribution < -0.4 is 15.6 Å².